The van der Waals surface area contributed by atoms with Crippen LogP contribution in [0.5, 0.6) is 5.88 Å². The number of thiophene rings is 1. The molecule has 0 saturated heterocycles. The summed E-state index contributed by atoms with van der Waals surface area (Å²) in [6.07, 6.45) is 1.03. The number of anilines is 1. The molecule has 9 nitrogen and oxygen atoms in total. The molecule has 1 unspecified atom stereocenters. The van der Waals surface area contributed by atoms with E-state index in [-0.39, 0.29) is 12.6 Å². The van der Waals surface area contributed by atoms with Gasteiger partial charge in [0.2, 0.25) is 5.88 Å². The van der Waals surface area contributed by atoms with Crippen LogP contribution in [-0.2, 0) is 9.47 Å². The summed E-state index contributed by atoms with van der Waals surface area (Å²) in [5.74, 6) is -0.0506. The molecule has 2 N–H and O–H groups in total. The van der Waals surface area contributed by atoms with Crippen molar-refractivity contribution in [1.82, 2.24) is 15.3 Å². The average molecular weight is 447 g/mol. The van der Waals surface area contributed by atoms with Gasteiger partial charge in [-0.3, -0.25) is 0 Å². The van der Waals surface area contributed by atoms with Gasteiger partial charge in [0.25, 0.3) is 0 Å². The van der Waals surface area contributed by atoms with Crippen molar-refractivity contribution in [1.29, 1.82) is 0 Å². The van der Waals surface area contributed by atoms with Crippen molar-refractivity contribution in [2.75, 3.05) is 26.1 Å². The molecule has 1 atom stereocenters. The number of carbonyl (C=O) groups excluding carboxylic acids is 2. The highest BCUT2D eigenvalue weighted by Crippen LogP contribution is 2.40. The Balaban J connectivity index is 1.95. The van der Waals surface area contributed by atoms with Crippen LogP contribution in [-0.4, -0.2) is 54.4 Å². The van der Waals surface area contributed by atoms with Crippen molar-refractivity contribution in [2.24, 2.45) is 0 Å². The molecule has 1 amide bonds. The van der Waals surface area contributed by atoms with E-state index in [2.05, 4.69) is 20.6 Å². The van der Waals surface area contributed by atoms with Crippen molar-refractivity contribution in [3.63, 3.8) is 0 Å². The molecule has 0 aliphatic heterocycles. The second kappa shape index (κ2) is 8.93. The Bertz CT molecular complexity index is 1120. The molecule has 3 rings (SSSR count). The summed E-state index contributed by atoms with van der Waals surface area (Å²) in [7, 11) is 2.87. The van der Waals surface area contributed by atoms with Crippen molar-refractivity contribution < 1.29 is 23.8 Å². The second-order valence-corrected chi connectivity index (χ2v) is 9.00. The quantitative estimate of drug-likeness (QED) is 0.547. The fourth-order valence-corrected chi connectivity index (χ4v) is 4.06. The van der Waals surface area contributed by atoms with E-state index in [1.165, 1.54) is 31.8 Å². The molecule has 0 saturated carbocycles. The van der Waals surface area contributed by atoms with Gasteiger partial charge in [0, 0.05) is 22.7 Å². The lowest BCUT2D eigenvalue weighted by Gasteiger charge is -2.21. The van der Waals surface area contributed by atoms with Crippen molar-refractivity contribution in [3.05, 3.63) is 23.2 Å². The third-order valence-electron chi connectivity index (χ3n) is 4.26. The predicted molar refractivity (Wildman–Crippen MR) is 120 cm³/mol. The van der Waals surface area contributed by atoms with Gasteiger partial charge in [0.05, 0.1) is 37.1 Å². The molecular formula is C21H26N4O5S. The SMILES string of the molecule is COC(=O)c1sc2ccc3nc(OC)cnc3c2c1NC(C)CNC(=O)OC(C)(C)C. The van der Waals surface area contributed by atoms with E-state index >= 15 is 0 Å². The van der Waals surface area contributed by atoms with E-state index in [4.69, 9.17) is 14.2 Å². The summed E-state index contributed by atoms with van der Waals surface area (Å²) in [5.41, 5.74) is 1.29. The van der Waals surface area contributed by atoms with Gasteiger partial charge in [-0.2, -0.15) is 0 Å². The Kier molecular flexibility index (Phi) is 6.49. The number of rotatable bonds is 6. The first kappa shape index (κ1) is 22.5. The number of esters is 1. The summed E-state index contributed by atoms with van der Waals surface area (Å²) in [6, 6.07) is 3.51. The number of aromatic nitrogens is 2. The Hall–Kier alpha value is -3.14. The molecule has 0 radical (unpaired) electrons. The van der Waals surface area contributed by atoms with E-state index in [1.807, 2.05) is 19.1 Å². The van der Waals surface area contributed by atoms with Crippen LogP contribution in [0.25, 0.3) is 21.1 Å². The lowest BCUT2D eigenvalue weighted by Crippen LogP contribution is -2.38. The minimum Gasteiger partial charge on any atom is -0.480 e. The fourth-order valence-electron chi connectivity index (χ4n) is 2.97. The minimum atomic E-state index is -0.582. The van der Waals surface area contributed by atoms with Crippen molar-refractivity contribution >= 4 is 50.2 Å². The first-order valence-corrected chi connectivity index (χ1v) is 10.5. The number of nitrogens with zero attached hydrogens (tertiary/aromatic N) is 2. The number of carbonyl (C=O) groups is 2. The van der Waals surface area contributed by atoms with Gasteiger partial charge in [-0.1, -0.05) is 0 Å². The molecule has 2 aromatic heterocycles. The van der Waals surface area contributed by atoms with Crippen LogP contribution in [0.2, 0.25) is 0 Å². The molecule has 0 fully saturated rings. The monoisotopic (exact) mass is 446 g/mol. The second-order valence-electron chi connectivity index (χ2n) is 7.94. The zero-order valence-corrected chi connectivity index (χ0v) is 19.2. The van der Waals surface area contributed by atoms with Crippen LogP contribution >= 0.6 is 11.3 Å². The maximum atomic E-state index is 12.4. The molecule has 0 bridgehead atoms. The molecule has 166 valence electrons. The first-order valence-electron chi connectivity index (χ1n) is 9.71. The minimum absolute atomic E-state index is 0.213. The van der Waals surface area contributed by atoms with Gasteiger partial charge in [-0.15, -0.1) is 11.3 Å². The number of hydrogen-bond acceptors (Lipinski definition) is 9. The number of amides is 1. The van der Waals surface area contributed by atoms with Gasteiger partial charge in [0.1, 0.15) is 10.5 Å². The lowest BCUT2D eigenvalue weighted by molar-refractivity contribution is 0.0524. The number of benzene rings is 1. The van der Waals surface area contributed by atoms with Gasteiger partial charge in [-0.25, -0.2) is 19.6 Å². The molecule has 0 aliphatic rings. The number of ether oxygens (including phenoxy) is 3. The van der Waals surface area contributed by atoms with Crippen LogP contribution in [0, 0.1) is 0 Å². The zero-order chi connectivity index (χ0) is 22.8. The van der Waals surface area contributed by atoms with Crippen LogP contribution in [0.15, 0.2) is 18.3 Å². The molecule has 0 aliphatic carbocycles. The summed E-state index contributed by atoms with van der Waals surface area (Å²) < 4.78 is 16.3. The van der Waals surface area contributed by atoms with Crippen LogP contribution < -0.4 is 15.4 Å². The van der Waals surface area contributed by atoms with E-state index in [9.17, 15) is 9.59 Å². The highest BCUT2D eigenvalue weighted by atomic mass is 32.1. The third-order valence-corrected chi connectivity index (χ3v) is 5.40. The highest BCUT2D eigenvalue weighted by Gasteiger charge is 2.23. The number of fused-ring (bicyclic) bond motifs is 3. The van der Waals surface area contributed by atoms with E-state index in [0.29, 0.717) is 27.5 Å². The number of nitrogens with one attached hydrogen (secondary N) is 2. The van der Waals surface area contributed by atoms with Crippen molar-refractivity contribution in [2.45, 2.75) is 39.3 Å². The van der Waals surface area contributed by atoms with E-state index in [1.54, 1.807) is 20.8 Å². The van der Waals surface area contributed by atoms with Crippen LogP contribution in [0.3, 0.4) is 0 Å². The van der Waals surface area contributed by atoms with Crippen LogP contribution in [0.1, 0.15) is 37.4 Å². The third kappa shape index (κ3) is 5.13. The first-order chi connectivity index (χ1) is 14.6. The fraction of sp³-hybridized carbons (Fsp3) is 0.429. The normalized spacial score (nSPS) is 12.5. The summed E-state index contributed by atoms with van der Waals surface area (Å²) >= 11 is 1.31. The summed E-state index contributed by atoms with van der Waals surface area (Å²) in [4.78, 5) is 33.8. The highest BCUT2D eigenvalue weighted by molar-refractivity contribution is 7.21. The Morgan fingerprint density at radius 2 is 1.97 bits per heavy atom. The number of alkyl carbamates (subject to hydrolysis) is 1. The predicted octanol–water partition coefficient (Wildman–Crippen LogP) is 3.96. The Labute approximate surface area is 184 Å². The molecule has 2 heterocycles. The zero-order valence-electron chi connectivity index (χ0n) is 18.4. The number of methoxy groups -OCH3 is 2. The maximum absolute atomic E-state index is 12.4. The van der Waals surface area contributed by atoms with Crippen molar-refractivity contribution in [3.8, 4) is 5.88 Å². The molecule has 1 aromatic carbocycles. The summed E-state index contributed by atoms with van der Waals surface area (Å²) in [5, 5.41) is 6.83. The standard InChI is InChI=1S/C21H26N4O5S/c1-11(9-23-20(27)30-21(2,3)4)24-17-15-13(31-18(17)19(26)29-6)8-7-12-16(15)22-10-14(25-12)28-5/h7-8,10-11,24H,9H2,1-6H3,(H,23,27). The number of hydrogen-bond donors (Lipinski definition) is 2. The Morgan fingerprint density at radius 3 is 2.61 bits per heavy atom. The van der Waals surface area contributed by atoms with Gasteiger partial charge in [-0.05, 0) is 39.8 Å². The van der Waals surface area contributed by atoms with Gasteiger partial charge < -0.3 is 24.8 Å². The molecular weight excluding hydrogens is 420 g/mol. The molecule has 0 spiro atoms. The Morgan fingerprint density at radius 1 is 1.23 bits per heavy atom. The topological polar surface area (TPSA) is 112 Å². The smallest absolute Gasteiger partial charge is 0.407 e. The van der Waals surface area contributed by atoms with E-state index in [0.717, 1.165) is 10.1 Å². The summed E-state index contributed by atoms with van der Waals surface area (Å²) in [6.45, 7) is 7.58. The largest absolute Gasteiger partial charge is 0.480 e. The molecule has 31 heavy (non-hydrogen) atoms. The molecule has 3 aromatic rings. The van der Waals surface area contributed by atoms with Gasteiger partial charge in [0.15, 0.2) is 0 Å². The maximum Gasteiger partial charge on any atom is 0.407 e. The van der Waals surface area contributed by atoms with Gasteiger partial charge >= 0.3 is 12.1 Å². The lowest BCUT2D eigenvalue weighted by atomic mass is 10.1. The van der Waals surface area contributed by atoms with E-state index < -0.39 is 17.7 Å². The van der Waals surface area contributed by atoms with Crippen LogP contribution in [0.4, 0.5) is 10.5 Å². The molecule has 10 heteroatoms. The average Bonchev–Trinajstić information content (AvgIpc) is 3.08.